The van der Waals surface area contributed by atoms with Gasteiger partial charge in [0.1, 0.15) is 17.3 Å². The summed E-state index contributed by atoms with van der Waals surface area (Å²) in [6, 6.07) is 9.94. The number of hydrogen-bond acceptors (Lipinski definition) is 8. The molecule has 1 aromatic heterocycles. The number of anilines is 3. The zero-order chi connectivity index (χ0) is 25.1. The van der Waals surface area contributed by atoms with Crippen molar-refractivity contribution in [2.45, 2.75) is 13.5 Å². The van der Waals surface area contributed by atoms with Crippen LogP contribution in [0.5, 0.6) is 11.5 Å². The molecule has 5 rings (SSSR count). The molecule has 0 radical (unpaired) electrons. The molecule has 3 heterocycles. The summed E-state index contributed by atoms with van der Waals surface area (Å²) < 4.78 is 30.4. The summed E-state index contributed by atoms with van der Waals surface area (Å²) in [4.78, 5) is 25.6. The maximum Gasteiger partial charge on any atom is 0.265 e. The van der Waals surface area contributed by atoms with E-state index < -0.39 is 0 Å². The van der Waals surface area contributed by atoms with Gasteiger partial charge in [-0.3, -0.25) is 9.69 Å². The van der Waals surface area contributed by atoms with Gasteiger partial charge in [0.05, 0.1) is 31.7 Å². The van der Waals surface area contributed by atoms with Crippen molar-refractivity contribution in [1.29, 1.82) is 0 Å². The Morgan fingerprint density at radius 3 is 2.78 bits per heavy atom. The first-order chi connectivity index (χ1) is 17.6. The van der Waals surface area contributed by atoms with Gasteiger partial charge in [-0.25, -0.2) is 14.4 Å². The molecule has 10 heteroatoms. The standard InChI is InChI=1S/C26H28FN5O4/c1-3-32-22-14-19(12-17(25(22)36-16-24(32)33)15-31-8-10-35-11-9-31)29-26-28-7-6-21(30-26)20-5-4-18(27)13-23(20)34-2/h4-7,12-14H,3,8-11,15-16H2,1-2H3,(H,28,29,30). The van der Waals surface area contributed by atoms with Crippen LogP contribution in [0.1, 0.15) is 12.5 Å². The van der Waals surface area contributed by atoms with Crippen molar-refractivity contribution in [2.24, 2.45) is 0 Å². The zero-order valence-electron chi connectivity index (χ0n) is 20.3. The Balaban J connectivity index is 1.49. The van der Waals surface area contributed by atoms with Crippen LogP contribution in [0.15, 0.2) is 42.6 Å². The van der Waals surface area contributed by atoms with E-state index >= 15 is 0 Å². The third-order valence-electron chi connectivity index (χ3n) is 6.24. The third kappa shape index (κ3) is 4.95. The smallest absolute Gasteiger partial charge is 0.265 e. The lowest BCUT2D eigenvalue weighted by atomic mass is 10.1. The molecule has 0 bridgehead atoms. The molecule has 1 N–H and O–H groups in total. The highest BCUT2D eigenvalue weighted by atomic mass is 19.1. The van der Waals surface area contributed by atoms with Crippen molar-refractivity contribution in [2.75, 3.05) is 56.8 Å². The molecule has 2 aliphatic rings. The number of nitrogens with zero attached hydrogens (tertiary/aromatic N) is 4. The molecule has 2 aliphatic heterocycles. The molecule has 0 saturated carbocycles. The molecular weight excluding hydrogens is 465 g/mol. The zero-order valence-corrected chi connectivity index (χ0v) is 20.3. The molecule has 0 aliphatic carbocycles. The Morgan fingerprint density at radius 1 is 1.17 bits per heavy atom. The summed E-state index contributed by atoms with van der Waals surface area (Å²) in [6.07, 6.45) is 1.63. The number of halogens is 1. The van der Waals surface area contributed by atoms with Gasteiger partial charge < -0.3 is 24.4 Å². The Kier molecular flexibility index (Phi) is 6.97. The highest BCUT2D eigenvalue weighted by Crippen LogP contribution is 2.40. The monoisotopic (exact) mass is 493 g/mol. The Hall–Kier alpha value is -3.76. The highest BCUT2D eigenvalue weighted by Gasteiger charge is 2.28. The van der Waals surface area contributed by atoms with Crippen LogP contribution in [0.25, 0.3) is 11.3 Å². The van der Waals surface area contributed by atoms with Crippen molar-refractivity contribution in [3.05, 3.63) is 54.0 Å². The van der Waals surface area contributed by atoms with E-state index in [4.69, 9.17) is 14.2 Å². The van der Waals surface area contributed by atoms with Crippen LogP contribution in [-0.2, 0) is 16.1 Å². The van der Waals surface area contributed by atoms with Crippen LogP contribution in [0.3, 0.4) is 0 Å². The molecule has 3 aromatic rings. The molecular formula is C26H28FN5O4. The summed E-state index contributed by atoms with van der Waals surface area (Å²) in [5.41, 5.74) is 3.66. The Bertz CT molecular complexity index is 1270. The number of morpholine rings is 1. The normalized spacial score (nSPS) is 15.9. The van der Waals surface area contributed by atoms with E-state index in [1.807, 2.05) is 19.1 Å². The number of fused-ring (bicyclic) bond motifs is 1. The number of benzene rings is 2. The second-order valence-corrected chi connectivity index (χ2v) is 8.53. The van der Waals surface area contributed by atoms with Gasteiger partial charge in [-0.2, -0.15) is 0 Å². The van der Waals surface area contributed by atoms with E-state index in [1.54, 1.807) is 23.2 Å². The largest absolute Gasteiger partial charge is 0.496 e. The quantitative estimate of drug-likeness (QED) is 0.534. The van der Waals surface area contributed by atoms with Gasteiger partial charge >= 0.3 is 0 Å². The molecule has 2 aromatic carbocycles. The van der Waals surface area contributed by atoms with Crippen LogP contribution in [0.2, 0.25) is 0 Å². The number of methoxy groups -OCH3 is 1. The first kappa shape index (κ1) is 24.0. The molecule has 1 amide bonds. The molecule has 1 fully saturated rings. The number of likely N-dealkylation sites (N-methyl/N-ethyl adjacent to an activating group) is 1. The van der Waals surface area contributed by atoms with E-state index in [2.05, 4.69) is 20.2 Å². The number of carbonyl (C=O) groups is 1. The number of nitrogens with one attached hydrogen (secondary N) is 1. The van der Waals surface area contributed by atoms with Crippen molar-refractivity contribution in [3.63, 3.8) is 0 Å². The molecule has 0 unspecified atom stereocenters. The van der Waals surface area contributed by atoms with Crippen LogP contribution in [-0.4, -0.2) is 67.3 Å². The van der Waals surface area contributed by atoms with E-state index in [-0.39, 0.29) is 18.3 Å². The minimum atomic E-state index is -0.387. The Morgan fingerprint density at radius 2 is 2.00 bits per heavy atom. The Labute approximate surface area is 208 Å². The fourth-order valence-electron chi connectivity index (χ4n) is 4.50. The van der Waals surface area contributed by atoms with E-state index in [9.17, 15) is 9.18 Å². The lowest BCUT2D eigenvalue weighted by molar-refractivity contribution is -0.121. The van der Waals surface area contributed by atoms with Crippen molar-refractivity contribution >= 4 is 23.2 Å². The van der Waals surface area contributed by atoms with Gasteiger partial charge in [-0.1, -0.05) is 0 Å². The minimum Gasteiger partial charge on any atom is -0.496 e. The van der Waals surface area contributed by atoms with Crippen molar-refractivity contribution < 1.29 is 23.4 Å². The van der Waals surface area contributed by atoms with Crippen LogP contribution >= 0.6 is 0 Å². The number of aromatic nitrogens is 2. The molecule has 36 heavy (non-hydrogen) atoms. The first-order valence-corrected chi connectivity index (χ1v) is 11.9. The average Bonchev–Trinajstić information content (AvgIpc) is 2.89. The van der Waals surface area contributed by atoms with Gasteiger partial charge in [0.25, 0.3) is 5.91 Å². The molecule has 0 atom stereocenters. The van der Waals surface area contributed by atoms with Crippen molar-refractivity contribution in [1.82, 2.24) is 14.9 Å². The summed E-state index contributed by atoms with van der Waals surface area (Å²) >= 11 is 0. The second-order valence-electron chi connectivity index (χ2n) is 8.53. The first-order valence-electron chi connectivity index (χ1n) is 11.9. The second kappa shape index (κ2) is 10.5. The summed E-state index contributed by atoms with van der Waals surface area (Å²) in [5, 5.41) is 3.28. The van der Waals surface area contributed by atoms with Crippen molar-refractivity contribution in [3.8, 4) is 22.8 Å². The van der Waals surface area contributed by atoms with Gasteiger partial charge in [0, 0.05) is 55.3 Å². The fraction of sp³-hybridized carbons (Fsp3) is 0.346. The topological polar surface area (TPSA) is 89.1 Å². The number of amides is 1. The average molecular weight is 494 g/mol. The van der Waals surface area contributed by atoms with E-state index in [0.29, 0.717) is 49.3 Å². The number of rotatable bonds is 7. The van der Waals surface area contributed by atoms with Gasteiger partial charge in [-0.05, 0) is 37.3 Å². The molecule has 188 valence electrons. The number of carbonyl (C=O) groups excluding carboxylic acids is 1. The van der Waals surface area contributed by atoms with Gasteiger partial charge in [0.2, 0.25) is 5.95 Å². The van der Waals surface area contributed by atoms with Crippen LogP contribution in [0, 0.1) is 5.82 Å². The predicted octanol–water partition coefficient (Wildman–Crippen LogP) is 3.61. The summed E-state index contributed by atoms with van der Waals surface area (Å²) in [6.45, 7) is 6.20. The summed E-state index contributed by atoms with van der Waals surface area (Å²) in [7, 11) is 1.49. The van der Waals surface area contributed by atoms with Crippen LogP contribution in [0.4, 0.5) is 21.7 Å². The number of ether oxygens (including phenoxy) is 3. The highest BCUT2D eigenvalue weighted by molar-refractivity contribution is 5.99. The molecule has 9 nitrogen and oxygen atoms in total. The fourth-order valence-corrected chi connectivity index (χ4v) is 4.50. The van der Waals surface area contributed by atoms with E-state index in [0.717, 1.165) is 35.8 Å². The van der Waals surface area contributed by atoms with Crippen LogP contribution < -0.4 is 19.7 Å². The molecule has 0 spiro atoms. The maximum absolute atomic E-state index is 13.7. The maximum atomic E-state index is 13.7. The molecule has 1 saturated heterocycles. The SMILES string of the molecule is CCN1C(=O)COc2c(CN3CCOCC3)cc(Nc3nccc(-c4ccc(F)cc4OC)n3)cc21. The minimum absolute atomic E-state index is 0.0222. The van der Waals surface area contributed by atoms with Gasteiger partial charge in [0.15, 0.2) is 6.61 Å². The predicted molar refractivity (Wildman–Crippen MR) is 133 cm³/mol. The van der Waals surface area contributed by atoms with Gasteiger partial charge in [-0.15, -0.1) is 0 Å². The number of hydrogen-bond donors (Lipinski definition) is 1. The third-order valence-corrected chi connectivity index (χ3v) is 6.24. The lowest BCUT2D eigenvalue weighted by Crippen LogP contribution is -2.40. The van der Waals surface area contributed by atoms with E-state index in [1.165, 1.54) is 19.2 Å². The lowest BCUT2D eigenvalue weighted by Gasteiger charge is -2.32. The summed E-state index contributed by atoms with van der Waals surface area (Å²) in [5.74, 6) is 1.00.